The van der Waals surface area contributed by atoms with E-state index >= 15 is 0 Å². The zero-order chi connectivity index (χ0) is 9.68. The number of nitrogens with zero attached hydrogens (tertiary/aromatic N) is 1. The fourth-order valence-electron chi connectivity index (χ4n) is 1.88. The minimum Gasteiger partial charge on any atom is -0.513 e. The summed E-state index contributed by atoms with van der Waals surface area (Å²) in [6.45, 7) is 4.23. The maximum atomic E-state index is 8.98. The molecule has 0 unspecified atom stereocenters. The number of allylic oxidation sites excluding steroid dienone is 2. The van der Waals surface area contributed by atoms with Gasteiger partial charge in [0, 0.05) is 0 Å². The van der Waals surface area contributed by atoms with Crippen molar-refractivity contribution in [1.82, 2.24) is 4.90 Å². The van der Waals surface area contributed by atoms with Crippen LogP contribution in [0.4, 0.5) is 0 Å². The van der Waals surface area contributed by atoms with Crippen LogP contribution in [-0.4, -0.2) is 30.1 Å². The third-order valence-electron chi connectivity index (χ3n) is 2.85. The Morgan fingerprint density at radius 3 is 2.62 bits per heavy atom. The van der Waals surface area contributed by atoms with Gasteiger partial charge in [0.05, 0.1) is 5.76 Å². The Morgan fingerprint density at radius 2 is 2.08 bits per heavy atom. The molecule has 1 saturated heterocycles. The van der Waals surface area contributed by atoms with Crippen LogP contribution in [0.25, 0.3) is 0 Å². The van der Waals surface area contributed by atoms with E-state index < -0.39 is 0 Å². The van der Waals surface area contributed by atoms with Crippen LogP contribution in [0.1, 0.15) is 32.6 Å². The smallest absolute Gasteiger partial charge is 0.0851 e. The van der Waals surface area contributed by atoms with Gasteiger partial charge in [0.25, 0.3) is 0 Å². The summed E-state index contributed by atoms with van der Waals surface area (Å²) in [6, 6.07) is 0. The van der Waals surface area contributed by atoms with E-state index in [9.17, 15) is 0 Å². The summed E-state index contributed by atoms with van der Waals surface area (Å²) in [4.78, 5) is 2.39. The molecule has 0 radical (unpaired) electrons. The van der Waals surface area contributed by atoms with Crippen molar-refractivity contribution < 1.29 is 5.11 Å². The summed E-state index contributed by atoms with van der Waals surface area (Å²) in [5, 5.41) is 8.98. The molecule has 0 aromatic carbocycles. The van der Waals surface area contributed by atoms with Crippen molar-refractivity contribution in [2.45, 2.75) is 32.6 Å². The van der Waals surface area contributed by atoms with Crippen LogP contribution in [0.3, 0.4) is 0 Å². The van der Waals surface area contributed by atoms with Gasteiger partial charge >= 0.3 is 0 Å². The SMILES string of the molecule is C/C(O)=C/CCC1CCN(C)CC1. The highest BCUT2D eigenvalue weighted by Crippen LogP contribution is 2.21. The van der Waals surface area contributed by atoms with E-state index in [1.807, 2.05) is 6.08 Å². The first-order valence-corrected chi connectivity index (χ1v) is 5.22. The van der Waals surface area contributed by atoms with Gasteiger partial charge < -0.3 is 10.0 Å². The third kappa shape index (κ3) is 4.32. The number of hydrogen-bond acceptors (Lipinski definition) is 2. The van der Waals surface area contributed by atoms with Crippen molar-refractivity contribution >= 4 is 0 Å². The normalized spacial score (nSPS) is 22.2. The molecular weight excluding hydrogens is 162 g/mol. The van der Waals surface area contributed by atoms with Crippen LogP contribution in [0.15, 0.2) is 11.8 Å². The third-order valence-corrected chi connectivity index (χ3v) is 2.85. The summed E-state index contributed by atoms with van der Waals surface area (Å²) >= 11 is 0. The molecule has 1 N–H and O–H groups in total. The Labute approximate surface area is 81.2 Å². The van der Waals surface area contributed by atoms with Gasteiger partial charge in [-0.15, -0.1) is 0 Å². The first kappa shape index (κ1) is 10.6. The lowest BCUT2D eigenvalue weighted by molar-refractivity contribution is 0.213. The van der Waals surface area contributed by atoms with Gasteiger partial charge in [-0.2, -0.15) is 0 Å². The molecular formula is C11H21NO. The van der Waals surface area contributed by atoms with E-state index in [1.54, 1.807) is 6.92 Å². The van der Waals surface area contributed by atoms with Crippen LogP contribution in [-0.2, 0) is 0 Å². The fraction of sp³-hybridized carbons (Fsp3) is 0.818. The van der Waals surface area contributed by atoms with Crippen molar-refractivity contribution in [3.05, 3.63) is 11.8 Å². The standard InChI is InChI=1S/C11H21NO/c1-10(13)4-3-5-11-6-8-12(2)9-7-11/h4,11,13H,3,5-9H2,1-2H3/b10-4-. The van der Waals surface area contributed by atoms with E-state index in [4.69, 9.17) is 5.11 Å². The summed E-state index contributed by atoms with van der Waals surface area (Å²) < 4.78 is 0. The molecule has 0 atom stereocenters. The second kappa shape index (κ2) is 5.28. The van der Waals surface area contributed by atoms with Crippen LogP contribution >= 0.6 is 0 Å². The second-order valence-corrected chi connectivity index (χ2v) is 4.17. The first-order valence-electron chi connectivity index (χ1n) is 5.22. The van der Waals surface area contributed by atoms with Gasteiger partial charge in [-0.25, -0.2) is 0 Å². The number of piperidine rings is 1. The zero-order valence-electron chi connectivity index (χ0n) is 8.79. The van der Waals surface area contributed by atoms with Crippen molar-refractivity contribution in [3.8, 4) is 0 Å². The molecule has 0 amide bonds. The van der Waals surface area contributed by atoms with Crippen molar-refractivity contribution in [3.63, 3.8) is 0 Å². The molecule has 1 rings (SSSR count). The highest BCUT2D eigenvalue weighted by atomic mass is 16.3. The molecule has 13 heavy (non-hydrogen) atoms. The van der Waals surface area contributed by atoms with E-state index in [0.717, 1.165) is 12.3 Å². The molecule has 1 aliphatic heterocycles. The zero-order valence-corrected chi connectivity index (χ0v) is 8.79. The van der Waals surface area contributed by atoms with E-state index in [2.05, 4.69) is 11.9 Å². The van der Waals surface area contributed by atoms with Gasteiger partial charge in [0.2, 0.25) is 0 Å². The Balaban J connectivity index is 2.12. The van der Waals surface area contributed by atoms with Crippen LogP contribution in [0, 0.1) is 5.92 Å². The highest BCUT2D eigenvalue weighted by molar-refractivity contribution is 4.86. The maximum Gasteiger partial charge on any atom is 0.0851 e. The minimum absolute atomic E-state index is 0.466. The number of rotatable bonds is 3. The molecule has 0 aromatic rings. The maximum absolute atomic E-state index is 8.98. The van der Waals surface area contributed by atoms with E-state index in [1.165, 1.54) is 32.4 Å². The van der Waals surface area contributed by atoms with Gasteiger partial charge in [0.1, 0.15) is 0 Å². The monoisotopic (exact) mass is 183 g/mol. The molecule has 1 aliphatic rings. The summed E-state index contributed by atoms with van der Waals surface area (Å²) in [6.07, 6.45) is 6.87. The molecule has 1 fully saturated rings. The lowest BCUT2D eigenvalue weighted by Crippen LogP contribution is -2.30. The van der Waals surface area contributed by atoms with Gasteiger partial charge in [-0.05, 0) is 64.7 Å². The molecule has 2 heteroatoms. The Hall–Kier alpha value is -0.500. The molecule has 76 valence electrons. The second-order valence-electron chi connectivity index (χ2n) is 4.17. The average Bonchev–Trinajstić information content (AvgIpc) is 2.08. The number of likely N-dealkylation sites (tertiary alicyclic amines) is 1. The largest absolute Gasteiger partial charge is 0.513 e. The fourth-order valence-corrected chi connectivity index (χ4v) is 1.88. The van der Waals surface area contributed by atoms with Crippen LogP contribution < -0.4 is 0 Å². The molecule has 0 aliphatic carbocycles. The summed E-state index contributed by atoms with van der Waals surface area (Å²) in [7, 11) is 2.19. The summed E-state index contributed by atoms with van der Waals surface area (Å²) in [5.41, 5.74) is 0. The predicted octanol–water partition coefficient (Wildman–Crippen LogP) is 2.57. The molecule has 0 saturated carbocycles. The van der Waals surface area contributed by atoms with Gasteiger partial charge in [-0.3, -0.25) is 0 Å². The molecule has 0 bridgehead atoms. The highest BCUT2D eigenvalue weighted by Gasteiger charge is 2.15. The predicted molar refractivity (Wildman–Crippen MR) is 55.8 cm³/mol. The van der Waals surface area contributed by atoms with Crippen molar-refractivity contribution in [2.24, 2.45) is 5.92 Å². The lowest BCUT2D eigenvalue weighted by Gasteiger charge is -2.28. The number of hydrogen-bond donors (Lipinski definition) is 1. The molecule has 2 nitrogen and oxygen atoms in total. The van der Waals surface area contributed by atoms with Crippen molar-refractivity contribution in [2.75, 3.05) is 20.1 Å². The van der Waals surface area contributed by atoms with Crippen LogP contribution in [0.2, 0.25) is 0 Å². The van der Waals surface area contributed by atoms with Gasteiger partial charge in [-0.1, -0.05) is 0 Å². The average molecular weight is 183 g/mol. The lowest BCUT2D eigenvalue weighted by atomic mass is 9.92. The molecule has 0 aromatic heterocycles. The number of aliphatic hydroxyl groups excluding tert-OH is 1. The van der Waals surface area contributed by atoms with Gasteiger partial charge in [0.15, 0.2) is 0 Å². The molecule has 0 spiro atoms. The van der Waals surface area contributed by atoms with Crippen LogP contribution in [0.5, 0.6) is 0 Å². The Bertz CT molecular complexity index is 165. The quantitative estimate of drug-likeness (QED) is 0.680. The van der Waals surface area contributed by atoms with E-state index in [0.29, 0.717) is 5.76 Å². The van der Waals surface area contributed by atoms with Crippen molar-refractivity contribution in [1.29, 1.82) is 0 Å². The first-order chi connectivity index (χ1) is 6.18. The minimum atomic E-state index is 0.466. The van der Waals surface area contributed by atoms with E-state index in [-0.39, 0.29) is 0 Å². The Kier molecular flexibility index (Phi) is 4.29. The molecule has 1 heterocycles. The Morgan fingerprint density at radius 1 is 1.46 bits per heavy atom. The summed E-state index contributed by atoms with van der Waals surface area (Å²) in [5.74, 6) is 1.35. The topological polar surface area (TPSA) is 23.5 Å². The number of aliphatic hydroxyl groups is 1.